The first kappa shape index (κ1) is 25.3. The average Bonchev–Trinajstić information content (AvgIpc) is 2.70. The van der Waals surface area contributed by atoms with Gasteiger partial charge in [-0.3, -0.25) is 10.1 Å². The van der Waals surface area contributed by atoms with Crippen LogP contribution in [0.2, 0.25) is 0 Å². The SMILES string of the molecule is CCCCCCc1c(O)c(O)c([N+](=O)[O-])c(CCCCCC)c1CCCCCC. The lowest BCUT2D eigenvalue weighted by Crippen LogP contribution is -2.07. The van der Waals surface area contributed by atoms with Crippen molar-refractivity contribution < 1.29 is 15.1 Å². The summed E-state index contributed by atoms with van der Waals surface area (Å²) < 4.78 is 0. The molecule has 0 aliphatic heterocycles. The molecule has 0 atom stereocenters. The molecule has 0 aliphatic rings. The summed E-state index contributed by atoms with van der Waals surface area (Å²) in [4.78, 5) is 11.2. The Hall–Kier alpha value is -1.78. The van der Waals surface area contributed by atoms with Crippen LogP contribution in [0.4, 0.5) is 5.69 Å². The number of hydrogen-bond acceptors (Lipinski definition) is 4. The Balaban J connectivity index is 3.30. The number of nitro benzene ring substituents is 1. The van der Waals surface area contributed by atoms with Gasteiger partial charge in [0.05, 0.1) is 4.92 Å². The minimum Gasteiger partial charge on any atom is -0.504 e. The number of phenolic OH excluding ortho intramolecular Hbond substituents is 2. The molecule has 2 N–H and O–H groups in total. The Labute approximate surface area is 176 Å². The monoisotopic (exact) mass is 407 g/mol. The van der Waals surface area contributed by atoms with Crippen LogP contribution in [0.5, 0.6) is 11.5 Å². The van der Waals surface area contributed by atoms with Crippen LogP contribution in [0.15, 0.2) is 0 Å². The van der Waals surface area contributed by atoms with Gasteiger partial charge in [-0.25, -0.2) is 0 Å². The number of aromatic hydroxyl groups is 2. The fourth-order valence-corrected chi connectivity index (χ4v) is 4.09. The fraction of sp³-hybridized carbons (Fsp3) is 0.750. The first-order valence-electron chi connectivity index (χ1n) is 11.7. The van der Waals surface area contributed by atoms with E-state index in [1.807, 2.05) is 0 Å². The van der Waals surface area contributed by atoms with Crippen molar-refractivity contribution in [2.45, 2.75) is 117 Å². The van der Waals surface area contributed by atoms with Gasteiger partial charge < -0.3 is 10.2 Å². The lowest BCUT2D eigenvalue weighted by atomic mass is 9.87. The molecule has 1 aromatic carbocycles. The van der Waals surface area contributed by atoms with E-state index in [1.54, 1.807) is 0 Å². The van der Waals surface area contributed by atoms with Crippen molar-refractivity contribution in [3.8, 4) is 11.5 Å². The largest absolute Gasteiger partial charge is 0.504 e. The van der Waals surface area contributed by atoms with Gasteiger partial charge in [-0.2, -0.15) is 0 Å². The number of nitro groups is 1. The van der Waals surface area contributed by atoms with Crippen molar-refractivity contribution in [2.24, 2.45) is 0 Å². The van der Waals surface area contributed by atoms with Gasteiger partial charge in [0.25, 0.3) is 0 Å². The van der Waals surface area contributed by atoms with E-state index in [1.165, 1.54) is 0 Å². The van der Waals surface area contributed by atoms with Crippen LogP contribution in [0, 0.1) is 10.1 Å². The van der Waals surface area contributed by atoms with Crippen LogP contribution in [0.25, 0.3) is 0 Å². The Morgan fingerprint density at radius 2 is 1.03 bits per heavy atom. The first-order chi connectivity index (χ1) is 14.0. The van der Waals surface area contributed by atoms with Crippen LogP contribution in [-0.2, 0) is 19.3 Å². The van der Waals surface area contributed by atoms with E-state index in [-0.39, 0.29) is 11.4 Å². The molecule has 1 aromatic rings. The summed E-state index contributed by atoms with van der Waals surface area (Å²) in [6.07, 6.45) is 14.7. The molecule has 1 rings (SSSR count). The van der Waals surface area contributed by atoms with E-state index in [2.05, 4.69) is 20.8 Å². The lowest BCUT2D eigenvalue weighted by molar-refractivity contribution is -0.386. The predicted octanol–water partition coefficient (Wildman–Crippen LogP) is 7.37. The number of rotatable bonds is 16. The third-order valence-corrected chi connectivity index (χ3v) is 5.77. The minimum absolute atomic E-state index is 0.268. The highest BCUT2D eigenvalue weighted by Gasteiger charge is 2.30. The molecule has 0 aromatic heterocycles. The van der Waals surface area contributed by atoms with Gasteiger partial charge in [-0.05, 0) is 44.1 Å². The van der Waals surface area contributed by atoms with Crippen LogP contribution in [0.3, 0.4) is 0 Å². The second kappa shape index (κ2) is 14.2. The molecule has 0 radical (unpaired) electrons. The second-order valence-corrected chi connectivity index (χ2v) is 8.17. The second-order valence-electron chi connectivity index (χ2n) is 8.17. The molecule has 29 heavy (non-hydrogen) atoms. The minimum atomic E-state index is -0.539. The number of nitrogens with zero attached hydrogens (tertiary/aromatic N) is 1. The highest BCUT2D eigenvalue weighted by Crippen LogP contribution is 2.45. The molecular formula is C24H41NO4. The van der Waals surface area contributed by atoms with Crippen molar-refractivity contribution in [1.82, 2.24) is 0 Å². The summed E-state index contributed by atoms with van der Waals surface area (Å²) in [5.74, 6) is -0.806. The van der Waals surface area contributed by atoms with Crippen molar-refractivity contribution in [2.75, 3.05) is 0 Å². The normalized spacial score (nSPS) is 11.1. The van der Waals surface area contributed by atoms with E-state index < -0.39 is 10.7 Å². The molecule has 0 unspecified atom stereocenters. The van der Waals surface area contributed by atoms with E-state index in [0.717, 1.165) is 94.6 Å². The van der Waals surface area contributed by atoms with Gasteiger partial charge in [0, 0.05) is 11.1 Å². The van der Waals surface area contributed by atoms with Gasteiger partial charge >= 0.3 is 5.69 Å². The Morgan fingerprint density at radius 3 is 1.45 bits per heavy atom. The van der Waals surface area contributed by atoms with Crippen molar-refractivity contribution in [1.29, 1.82) is 0 Å². The topological polar surface area (TPSA) is 83.6 Å². The summed E-state index contributed by atoms with van der Waals surface area (Å²) in [5.41, 5.74) is 2.05. The molecule has 0 spiro atoms. The Kier molecular flexibility index (Phi) is 12.4. The summed E-state index contributed by atoms with van der Waals surface area (Å²) in [5, 5.41) is 32.9. The molecule has 0 saturated carbocycles. The van der Waals surface area contributed by atoms with Gasteiger partial charge in [-0.15, -0.1) is 0 Å². The molecule has 5 nitrogen and oxygen atoms in total. The van der Waals surface area contributed by atoms with E-state index in [9.17, 15) is 20.3 Å². The number of unbranched alkanes of at least 4 members (excludes halogenated alkanes) is 9. The van der Waals surface area contributed by atoms with Gasteiger partial charge in [0.2, 0.25) is 5.75 Å². The quantitative estimate of drug-likeness (QED) is 0.130. The van der Waals surface area contributed by atoms with Crippen LogP contribution in [0.1, 0.15) is 115 Å². The molecule has 0 heterocycles. The molecule has 0 saturated heterocycles. The van der Waals surface area contributed by atoms with Gasteiger partial charge in [0.1, 0.15) is 0 Å². The van der Waals surface area contributed by atoms with Crippen molar-refractivity contribution in [3.63, 3.8) is 0 Å². The number of benzene rings is 1. The van der Waals surface area contributed by atoms with E-state index in [0.29, 0.717) is 18.4 Å². The molecule has 166 valence electrons. The van der Waals surface area contributed by atoms with Crippen LogP contribution >= 0.6 is 0 Å². The van der Waals surface area contributed by atoms with Crippen molar-refractivity contribution >= 4 is 5.69 Å². The van der Waals surface area contributed by atoms with Crippen molar-refractivity contribution in [3.05, 3.63) is 26.8 Å². The lowest BCUT2D eigenvalue weighted by Gasteiger charge is -2.18. The number of hydrogen-bond donors (Lipinski definition) is 2. The Bertz CT molecular complexity index is 628. The van der Waals surface area contributed by atoms with Crippen LogP contribution < -0.4 is 0 Å². The maximum absolute atomic E-state index is 11.8. The standard InChI is InChI=1S/C24H41NO4/c1-4-7-10-13-16-19-20(17-14-11-8-5-2)22(25(28)29)24(27)23(26)21(19)18-15-12-9-6-3/h26-27H,4-18H2,1-3H3. The molecule has 0 amide bonds. The zero-order valence-electron chi connectivity index (χ0n) is 18.8. The summed E-state index contributed by atoms with van der Waals surface area (Å²) in [6, 6.07) is 0. The molecular weight excluding hydrogens is 366 g/mol. The van der Waals surface area contributed by atoms with E-state index >= 15 is 0 Å². The van der Waals surface area contributed by atoms with Gasteiger partial charge in [-0.1, -0.05) is 78.6 Å². The zero-order chi connectivity index (χ0) is 21.6. The summed E-state index contributed by atoms with van der Waals surface area (Å²) >= 11 is 0. The highest BCUT2D eigenvalue weighted by atomic mass is 16.6. The molecule has 5 heteroatoms. The third-order valence-electron chi connectivity index (χ3n) is 5.77. The zero-order valence-corrected chi connectivity index (χ0v) is 18.8. The highest BCUT2D eigenvalue weighted by molar-refractivity contribution is 5.66. The third kappa shape index (κ3) is 7.87. The van der Waals surface area contributed by atoms with Crippen LogP contribution in [-0.4, -0.2) is 15.1 Å². The molecule has 0 aliphatic carbocycles. The number of phenols is 2. The smallest absolute Gasteiger partial charge is 0.318 e. The maximum Gasteiger partial charge on any atom is 0.318 e. The Morgan fingerprint density at radius 1 is 0.621 bits per heavy atom. The molecule has 0 bridgehead atoms. The van der Waals surface area contributed by atoms with Gasteiger partial charge in [0.15, 0.2) is 5.75 Å². The predicted molar refractivity (Wildman–Crippen MR) is 120 cm³/mol. The maximum atomic E-state index is 11.8. The molecule has 0 fully saturated rings. The summed E-state index contributed by atoms with van der Waals surface area (Å²) in [7, 11) is 0. The fourth-order valence-electron chi connectivity index (χ4n) is 4.09. The summed E-state index contributed by atoms with van der Waals surface area (Å²) in [6.45, 7) is 6.46. The van der Waals surface area contributed by atoms with E-state index in [4.69, 9.17) is 0 Å². The average molecular weight is 408 g/mol. The first-order valence-corrected chi connectivity index (χ1v) is 11.7.